The van der Waals surface area contributed by atoms with Crippen LogP contribution in [0, 0.1) is 71.0 Å². The molecule has 6 N–H and O–H groups in total. The molecule has 4 rings (SSSR count). The quantitative estimate of drug-likeness (QED) is 0.00597. The van der Waals surface area contributed by atoms with Gasteiger partial charge in [-0.2, -0.15) is 0 Å². The SMILES string of the molecule is C/C=C/C(=O)N(CC(=O)N[C@@H](C)C(=O)C[C@@H](C)C(=O)Nc1cc(C[C@H](CC(=O)c2csc([C@@H](C[C@H](C(C)C)N(C)C(=O)[C@@H](CC(=O)C(C)(C)[N+](C)(C)C)[C@@H](C)CC)OC(C)=O)n2)CC(C)CC)ccc1O)N(CC(=O)N[C@@H](C)C(=O)C[C@@H](C)C(=O)Nc1cc(C[C@H](CC(=O)c2csc([C@@H](C[C@H](C(C)C)N(C)C(=O)[C@@H](CC(=O)C(C)(C)[N+](C)(C)C)[C@@H](C)CC)OC(C)=O)n2)CC(C)CC)ccc1O)C(=O)/C=C/Br. The highest BCUT2D eigenvalue weighted by atomic mass is 79.9. The average Bonchev–Trinajstić information content (AvgIpc) is 0.927. The second-order valence-electron chi connectivity index (χ2n) is 42.6. The van der Waals surface area contributed by atoms with Crippen LogP contribution < -0.4 is 21.3 Å². The van der Waals surface area contributed by atoms with E-state index in [4.69, 9.17) is 19.4 Å². The molecule has 2 aromatic heterocycles. The predicted octanol–water partition coefficient (Wildman–Crippen LogP) is 16.7. The summed E-state index contributed by atoms with van der Waals surface area (Å²) in [6, 6.07) is 5.89. The number of nitrogens with one attached hydrogen (secondary N) is 4. The predicted molar refractivity (Wildman–Crippen MR) is 558 cm³/mol. The fraction of sp³-hybridized carbons (Fsp3) is 0.645. The molecule has 142 heavy (non-hydrogen) atoms. The van der Waals surface area contributed by atoms with Crippen molar-refractivity contribution in [3.8, 4) is 11.5 Å². The van der Waals surface area contributed by atoms with E-state index in [1.54, 1.807) is 58.9 Å². The van der Waals surface area contributed by atoms with Crippen LogP contribution in [0.3, 0.4) is 0 Å². The number of allylic oxidation sites excluding steroid dienone is 1. The van der Waals surface area contributed by atoms with E-state index in [-0.39, 0.29) is 155 Å². The number of likely N-dealkylation sites (N-methyl/N-ethyl adjacent to an activating group) is 2. The molecule has 0 saturated heterocycles. The number of rotatable bonds is 60. The first-order chi connectivity index (χ1) is 65.9. The minimum Gasteiger partial charge on any atom is -0.506 e. The van der Waals surface area contributed by atoms with Gasteiger partial charge < -0.3 is 59.7 Å². The van der Waals surface area contributed by atoms with E-state index in [9.17, 15) is 86.9 Å². The molecule has 2 aromatic carbocycles. The summed E-state index contributed by atoms with van der Waals surface area (Å²) in [5.74, 6) is -12.9. The van der Waals surface area contributed by atoms with Crippen LogP contribution in [0.4, 0.5) is 11.4 Å². The van der Waals surface area contributed by atoms with Gasteiger partial charge in [-0.15, -0.1) is 22.7 Å². The number of ketones is 6. The fourth-order valence-corrected chi connectivity index (χ4v) is 18.8. The molecule has 0 radical (unpaired) electrons. The number of phenolic OH excluding ortho intramolecular Hbond substituents is 2. The Kier molecular flexibility index (Phi) is 49.3. The normalized spacial score (nSPS) is 15.5. The number of aromatic hydroxyl groups is 2. The Balaban J connectivity index is 1.44. The number of aromatic nitrogens is 2. The maximum Gasteiger partial charge on any atom is 0.303 e. The molecule has 0 saturated carbocycles. The molecular formula is C107H165BrN12O20S2+2. The maximum absolute atomic E-state index is 14.6. The average molecular weight is 2080 g/mol. The summed E-state index contributed by atoms with van der Waals surface area (Å²) < 4.78 is 12.6. The van der Waals surface area contributed by atoms with E-state index in [2.05, 4.69) is 51.0 Å². The summed E-state index contributed by atoms with van der Waals surface area (Å²) >= 11 is 5.40. The Bertz CT molecular complexity index is 4780. The van der Waals surface area contributed by atoms with Crippen molar-refractivity contribution in [1.82, 2.24) is 40.4 Å². The fourth-order valence-electron chi connectivity index (χ4n) is 16.8. The summed E-state index contributed by atoms with van der Waals surface area (Å²) in [7, 11) is 15.2. The second-order valence-corrected chi connectivity index (χ2v) is 44.9. The van der Waals surface area contributed by atoms with Crippen LogP contribution in [0.2, 0.25) is 0 Å². The zero-order valence-electron chi connectivity index (χ0n) is 90.1. The van der Waals surface area contributed by atoms with Crippen molar-refractivity contribution in [2.24, 2.45) is 71.0 Å². The van der Waals surface area contributed by atoms with Gasteiger partial charge in [-0.3, -0.25) is 76.7 Å². The van der Waals surface area contributed by atoms with Gasteiger partial charge in [0.05, 0.1) is 65.7 Å². The number of benzene rings is 2. The van der Waals surface area contributed by atoms with Gasteiger partial charge in [0.1, 0.15) is 46.0 Å². The molecule has 0 aliphatic rings. The number of hydrogen-bond donors (Lipinski definition) is 6. The summed E-state index contributed by atoms with van der Waals surface area (Å²) in [6.07, 6.45) is 6.11. The van der Waals surface area contributed by atoms with Gasteiger partial charge in [0.2, 0.25) is 35.4 Å². The minimum atomic E-state index is -1.29. The van der Waals surface area contributed by atoms with Gasteiger partial charge >= 0.3 is 11.9 Å². The molecule has 4 aromatic rings. The van der Waals surface area contributed by atoms with Crippen molar-refractivity contribution in [2.75, 3.05) is 80.1 Å². The topological polar surface area (TPSA) is 419 Å². The third kappa shape index (κ3) is 36.9. The van der Waals surface area contributed by atoms with Gasteiger partial charge in [0.15, 0.2) is 58.0 Å². The first-order valence-electron chi connectivity index (χ1n) is 49.9. The Morgan fingerprint density at radius 3 is 1.12 bits per heavy atom. The van der Waals surface area contributed by atoms with Crippen molar-refractivity contribution in [1.29, 1.82) is 0 Å². The molecule has 0 bridgehead atoms. The van der Waals surface area contributed by atoms with Gasteiger partial charge in [-0.25, -0.2) is 20.0 Å². The highest BCUT2D eigenvalue weighted by molar-refractivity contribution is 9.11. The highest BCUT2D eigenvalue weighted by Gasteiger charge is 2.47. The molecule has 0 aliphatic heterocycles. The first kappa shape index (κ1) is 124. The minimum absolute atomic E-state index is 0.0213. The maximum atomic E-state index is 14.6. The van der Waals surface area contributed by atoms with E-state index in [0.717, 1.165) is 30.0 Å². The number of hydrazine groups is 1. The van der Waals surface area contributed by atoms with E-state index in [0.29, 0.717) is 78.7 Å². The van der Waals surface area contributed by atoms with Crippen LogP contribution >= 0.6 is 38.6 Å². The van der Waals surface area contributed by atoms with Crippen LogP contribution in [-0.4, -0.2) is 248 Å². The van der Waals surface area contributed by atoms with Gasteiger partial charge in [-0.05, 0) is 162 Å². The zero-order chi connectivity index (χ0) is 108. The van der Waals surface area contributed by atoms with E-state index in [1.807, 2.05) is 139 Å². The summed E-state index contributed by atoms with van der Waals surface area (Å²) in [4.78, 5) is 237. The monoisotopic (exact) mass is 2080 g/mol. The molecule has 35 heteroatoms. The van der Waals surface area contributed by atoms with Gasteiger partial charge in [0.25, 0.3) is 11.8 Å². The van der Waals surface area contributed by atoms with Crippen molar-refractivity contribution in [3.05, 3.63) is 103 Å². The summed E-state index contributed by atoms with van der Waals surface area (Å²) in [5, 5.41) is 38.1. The number of phenols is 2. The number of quaternary nitrogens is 2. The Morgan fingerprint density at radius 2 is 0.824 bits per heavy atom. The lowest BCUT2D eigenvalue weighted by Crippen LogP contribution is -2.58. The van der Waals surface area contributed by atoms with Gasteiger partial charge in [-0.1, -0.05) is 157 Å². The van der Waals surface area contributed by atoms with Crippen LogP contribution in [0.5, 0.6) is 11.5 Å². The highest BCUT2D eigenvalue weighted by Crippen LogP contribution is 2.40. The third-order valence-corrected chi connectivity index (χ3v) is 30.9. The standard InChI is InChI=1S/C107H163BrN12O20S2/c1-32-37-98(133)117(58-96(131)109-70(16)88(125)46-68(14)100(135)111-80-50-74(38-40-86(80)123)48-76(44-64(10)33-2)52-90(127)82-60-141-102(113-82)92(139-72(18)121)56-84(62(6)7)115(24)104(137)78(66(12)35-4)54-94(129)106(20,21)119(26,27)28)118(99(134)42-43-108)59-97(132)110-71(17)89(126)47-69(15)101(136)112-81-51-75(39-41-87(81)124)49-77(45-65(11)34-3)53-91(128)83-61-142-103(114-83)93(140-73(19)122)57-85(63(8)9)116(25)105(138)79(67(13)36-5)55-95(130)107(22,23)120(29,30)31/h32,37-43,50-51,60-71,76-79,84-85,92-93H,33-36,44-49,52-59H2,1-31H3,(H4-2,109,110,111,112,123,124,131,132,135,136)/p+2/b37-32+,43-42+/t64?,65?,66-,67-,68+,69+,70-,71-,76+,77+,78-,79-,84+,85+,92+,93+/m0/s1. The van der Waals surface area contributed by atoms with Crippen LogP contribution in [0.25, 0.3) is 0 Å². The molecule has 16 atom stereocenters. The van der Waals surface area contributed by atoms with E-state index < -0.39 is 156 Å². The molecule has 0 fully saturated rings. The molecule has 8 amide bonds. The Hall–Kier alpha value is -10.1. The van der Waals surface area contributed by atoms with E-state index in [1.165, 1.54) is 89.3 Å². The molecule has 32 nitrogen and oxygen atoms in total. The first-order valence-corrected chi connectivity index (χ1v) is 52.6. The second kappa shape index (κ2) is 56.4. The lowest BCUT2D eigenvalue weighted by Gasteiger charge is -2.41. The van der Waals surface area contributed by atoms with Crippen molar-refractivity contribution >= 4 is 144 Å². The summed E-state index contributed by atoms with van der Waals surface area (Å²) in [6.45, 7) is 39.5. The van der Waals surface area contributed by atoms with Crippen LogP contribution in [-0.2, 0) is 89.4 Å². The molecule has 0 aliphatic carbocycles. The molecular weight excluding hydrogens is 1920 g/mol. The van der Waals surface area contributed by atoms with Crippen LogP contribution in [0.1, 0.15) is 303 Å². The summed E-state index contributed by atoms with van der Waals surface area (Å²) in [5.41, 5.74) is 0.239. The van der Waals surface area contributed by atoms with Crippen molar-refractivity contribution < 1.29 is 105 Å². The number of Topliss-reactive ketones (excluding diaryl/α,β-unsaturated/α-hetero) is 6. The Morgan fingerprint density at radius 1 is 0.486 bits per heavy atom. The molecule has 2 unspecified atom stereocenters. The van der Waals surface area contributed by atoms with Gasteiger partial charge in [0, 0.05) is 138 Å². The number of ether oxygens (including phenoxy) is 2. The van der Waals surface area contributed by atoms with E-state index >= 15 is 0 Å². The largest absolute Gasteiger partial charge is 0.506 e. The number of nitrogens with zero attached hydrogens (tertiary/aromatic N) is 8. The number of thiazole rings is 2. The number of amides is 8. The van der Waals surface area contributed by atoms with Crippen LogP contribution in [0.15, 0.2) is 70.4 Å². The zero-order valence-corrected chi connectivity index (χ0v) is 93.3. The molecule has 0 spiro atoms. The lowest BCUT2D eigenvalue weighted by atomic mass is 9.80. The number of hydrogen-bond acceptors (Lipinski definition) is 24. The van der Waals surface area contributed by atoms with Crippen molar-refractivity contribution in [3.63, 3.8) is 0 Å². The molecule has 790 valence electrons. The van der Waals surface area contributed by atoms with Crippen molar-refractivity contribution in [2.45, 2.75) is 309 Å². The third-order valence-electron chi connectivity index (χ3n) is 28.8. The number of esters is 2. The smallest absolute Gasteiger partial charge is 0.303 e. The Labute approximate surface area is 859 Å². The number of carbonyl (C=O) groups is 16. The number of anilines is 2. The lowest BCUT2D eigenvalue weighted by molar-refractivity contribution is -0.908. The number of halogens is 1. The number of carbonyl (C=O) groups excluding carboxylic acids is 16. The molecule has 2 heterocycles.